The van der Waals surface area contributed by atoms with Crippen LogP contribution in [0.2, 0.25) is 10.0 Å². The predicted octanol–water partition coefficient (Wildman–Crippen LogP) is 2.10. The lowest BCUT2D eigenvalue weighted by molar-refractivity contribution is -0.143. The molecule has 13 heteroatoms. The topological polar surface area (TPSA) is 83.4 Å². The first kappa shape index (κ1) is 23.8. The van der Waals surface area contributed by atoms with Crippen molar-refractivity contribution in [1.82, 2.24) is 29.9 Å². The second kappa shape index (κ2) is 9.77. The number of hydrogen-bond donors (Lipinski definition) is 1. The summed E-state index contributed by atoms with van der Waals surface area (Å²) in [5.74, 6) is 0.894. The van der Waals surface area contributed by atoms with Gasteiger partial charge in [-0.05, 0) is 6.07 Å². The van der Waals surface area contributed by atoms with Gasteiger partial charge in [0, 0.05) is 32.4 Å². The molecule has 1 aliphatic heterocycles. The Kier molecular flexibility index (Phi) is 7.28. The SMILES string of the molecule is C#CCNC(=O)CN1CCN(C(=O)c2cnn(-c3ncc(Cl)cc3Cl)c2C(F)(F)F)CC1. The summed E-state index contributed by atoms with van der Waals surface area (Å²) in [4.78, 5) is 31.5. The van der Waals surface area contributed by atoms with Crippen LogP contribution in [-0.4, -0.2) is 75.6 Å². The molecule has 3 rings (SSSR count). The number of carbonyl (C=O) groups is 2. The lowest BCUT2D eigenvalue weighted by Gasteiger charge is -2.34. The van der Waals surface area contributed by atoms with E-state index in [2.05, 4.69) is 21.3 Å². The van der Waals surface area contributed by atoms with Crippen LogP contribution in [0, 0.1) is 12.3 Å². The number of alkyl halides is 3. The fraction of sp³-hybridized carbons (Fsp3) is 0.368. The zero-order valence-electron chi connectivity index (χ0n) is 16.5. The van der Waals surface area contributed by atoms with Crippen molar-refractivity contribution in [1.29, 1.82) is 0 Å². The van der Waals surface area contributed by atoms with Gasteiger partial charge in [-0.25, -0.2) is 9.67 Å². The van der Waals surface area contributed by atoms with Gasteiger partial charge >= 0.3 is 6.18 Å². The molecule has 8 nitrogen and oxygen atoms in total. The van der Waals surface area contributed by atoms with Gasteiger partial charge in [-0.3, -0.25) is 14.5 Å². The zero-order valence-corrected chi connectivity index (χ0v) is 18.0. The lowest BCUT2D eigenvalue weighted by Crippen LogP contribution is -2.51. The first-order valence-electron chi connectivity index (χ1n) is 9.30. The van der Waals surface area contributed by atoms with Crippen LogP contribution in [0.5, 0.6) is 0 Å². The normalized spacial score (nSPS) is 14.8. The second-order valence-corrected chi connectivity index (χ2v) is 7.67. The smallest absolute Gasteiger partial charge is 0.344 e. The maximum Gasteiger partial charge on any atom is 0.434 e. The molecule has 0 spiro atoms. The Labute approximate surface area is 191 Å². The summed E-state index contributed by atoms with van der Waals surface area (Å²) in [6.07, 6.45) is 2.16. The molecule has 2 aromatic rings. The molecule has 0 unspecified atom stereocenters. The van der Waals surface area contributed by atoms with Crippen LogP contribution < -0.4 is 5.32 Å². The molecule has 170 valence electrons. The third-order valence-corrected chi connectivity index (χ3v) is 5.16. The third-order valence-electron chi connectivity index (χ3n) is 4.67. The summed E-state index contributed by atoms with van der Waals surface area (Å²) in [7, 11) is 0. The number of hydrogen-bond acceptors (Lipinski definition) is 5. The van der Waals surface area contributed by atoms with Crippen molar-refractivity contribution in [2.75, 3.05) is 39.3 Å². The van der Waals surface area contributed by atoms with Crippen molar-refractivity contribution in [3.05, 3.63) is 39.8 Å². The Morgan fingerprint density at radius 2 is 1.88 bits per heavy atom. The van der Waals surface area contributed by atoms with E-state index in [0.29, 0.717) is 17.8 Å². The van der Waals surface area contributed by atoms with Crippen LogP contribution in [0.15, 0.2) is 18.5 Å². The maximum atomic E-state index is 13.9. The molecular formula is C19H17Cl2F3N6O2. The van der Waals surface area contributed by atoms with E-state index in [0.717, 1.165) is 12.4 Å². The van der Waals surface area contributed by atoms with Gasteiger partial charge in [-0.15, -0.1) is 6.42 Å². The summed E-state index contributed by atoms with van der Waals surface area (Å²) < 4.78 is 42.1. The van der Waals surface area contributed by atoms with Gasteiger partial charge in [0.1, 0.15) is 0 Å². The number of piperazine rings is 1. The highest BCUT2D eigenvalue weighted by Gasteiger charge is 2.42. The molecule has 2 aromatic heterocycles. The molecule has 0 bridgehead atoms. The second-order valence-electron chi connectivity index (χ2n) is 6.82. The largest absolute Gasteiger partial charge is 0.434 e. The van der Waals surface area contributed by atoms with Crippen molar-refractivity contribution in [3.8, 4) is 18.2 Å². The molecule has 0 radical (unpaired) electrons. The minimum Gasteiger partial charge on any atom is -0.344 e. The van der Waals surface area contributed by atoms with Crippen molar-refractivity contribution in [3.63, 3.8) is 0 Å². The number of nitrogens with one attached hydrogen (secondary N) is 1. The van der Waals surface area contributed by atoms with E-state index in [-0.39, 0.29) is 47.9 Å². The maximum absolute atomic E-state index is 13.9. The number of carbonyl (C=O) groups excluding carboxylic acids is 2. The highest BCUT2D eigenvalue weighted by atomic mass is 35.5. The molecule has 2 amide bonds. The minimum atomic E-state index is -4.90. The molecule has 1 aliphatic rings. The molecule has 0 aliphatic carbocycles. The van der Waals surface area contributed by atoms with Crippen LogP contribution in [-0.2, 0) is 11.0 Å². The Balaban J connectivity index is 1.79. The zero-order chi connectivity index (χ0) is 23.5. The number of aromatic nitrogens is 3. The summed E-state index contributed by atoms with van der Waals surface area (Å²) >= 11 is 11.8. The predicted molar refractivity (Wildman–Crippen MR) is 111 cm³/mol. The van der Waals surface area contributed by atoms with Gasteiger partial charge in [0.2, 0.25) is 5.91 Å². The molecule has 3 heterocycles. The van der Waals surface area contributed by atoms with Crippen molar-refractivity contribution < 1.29 is 22.8 Å². The Morgan fingerprint density at radius 3 is 2.47 bits per heavy atom. The molecular weight excluding hydrogens is 472 g/mol. The summed E-state index contributed by atoms with van der Waals surface area (Å²) in [5.41, 5.74) is -1.90. The molecule has 1 saturated heterocycles. The van der Waals surface area contributed by atoms with E-state index in [4.69, 9.17) is 29.6 Å². The van der Waals surface area contributed by atoms with Gasteiger partial charge in [0.15, 0.2) is 11.5 Å². The summed E-state index contributed by atoms with van der Waals surface area (Å²) in [5, 5.41) is 6.24. The Hall–Kier alpha value is -2.81. The Morgan fingerprint density at radius 1 is 1.19 bits per heavy atom. The van der Waals surface area contributed by atoms with Gasteiger partial charge < -0.3 is 10.2 Å². The monoisotopic (exact) mass is 488 g/mol. The molecule has 0 saturated carbocycles. The third kappa shape index (κ3) is 5.32. The highest BCUT2D eigenvalue weighted by molar-refractivity contribution is 6.35. The van der Waals surface area contributed by atoms with E-state index in [1.807, 2.05) is 0 Å². The van der Waals surface area contributed by atoms with Gasteiger partial charge in [0.05, 0.1) is 34.9 Å². The summed E-state index contributed by atoms with van der Waals surface area (Å²) in [6, 6.07) is 1.23. The summed E-state index contributed by atoms with van der Waals surface area (Å²) in [6.45, 7) is 1.10. The van der Waals surface area contributed by atoms with Gasteiger partial charge in [0.25, 0.3) is 5.91 Å². The lowest BCUT2D eigenvalue weighted by atomic mass is 10.2. The first-order valence-corrected chi connectivity index (χ1v) is 10.1. The van der Waals surface area contributed by atoms with E-state index < -0.39 is 23.3 Å². The average Bonchev–Trinajstić information content (AvgIpc) is 3.17. The molecule has 32 heavy (non-hydrogen) atoms. The van der Waals surface area contributed by atoms with E-state index in [9.17, 15) is 22.8 Å². The standard InChI is InChI=1S/C19H17Cl2F3N6O2/c1-2-3-25-15(31)11-28-4-6-29(7-5-28)18(32)13-10-27-30(16(13)19(22,23)24)17-14(21)8-12(20)9-26-17/h1,8-10H,3-7,11H2,(H,25,31). The van der Waals surface area contributed by atoms with Gasteiger partial charge in [-0.2, -0.15) is 18.3 Å². The fourth-order valence-electron chi connectivity index (χ4n) is 3.19. The van der Waals surface area contributed by atoms with Crippen LogP contribution in [0.3, 0.4) is 0 Å². The number of rotatable bonds is 5. The number of nitrogens with zero attached hydrogens (tertiary/aromatic N) is 5. The fourth-order valence-corrected chi connectivity index (χ4v) is 3.65. The molecule has 1 fully saturated rings. The van der Waals surface area contributed by atoms with Gasteiger partial charge in [-0.1, -0.05) is 29.1 Å². The quantitative estimate of drug-likeness (QED) is 0.651. The highest BCUT2D eigenvalue weighted by Crippen LogP contribution is 2.35. The first-order chi connectivity index (χ1) is 15.1. The van der Waals surface area contributed by atoms with Crippen molar-refractivity contribution >= 4 is 35.0 Å². The van der Waals surface area contributed by atoms with Crippen molar-refractivity contribution in [2.45, 2.75) is 6.18 Å². The molecule has 1 N–H and O–H groups in total. The molecule has 0 aromatic carbocycles. The van der Waals surface area contributed by atoms with E-state index in [1.165, 1.54) is 11.0 Å². The number of amides is 2. The number of halogens is 5. The Bertz CT molecular complexity index is 1060. The minimum absolute atomic E-state index is 0.0795. The van der Waals surface area contributed by atoms with E-state index >= 15 is 0 Å². The molecule has 0 atom stereocenters. The number of terminal acetylenes is 1. The number of pyridine rings is 1. The van der Waals surface area contributed by atoms with Crippen LogP contribution in [0.1, 0.15) is 16.1 Å². The van der Waals surface area contributed by atoms with Crippen LogP contribution in [0.25, 0.3) is 5.82 Å². The van der Waals surface area contributed by atoms with E-state index in [1.54, 1.807) is 4.90 Å². The average molecular weight is 489 g/mol. The van der Waals surface area contributed by atoms with Crippen molar-refractivity contribution in [2.24, 2.45) is 0 Å². The van der Waals surface area contributed by atoms with Crippen LogP contribution in [0.4, 0.5) is 13.2 Å². The van der Waals surface area contributed by atoms with Crippen LogP contribution >= 0.6 is 23.2 Å².